The van der Waals surface area contributed by atoms with Crippen molar-refractivity contribution in [1.82, 2.24) is 15.0 Å². The number of aromatic nitrogens is 1. The first-order chi connectivity index (χ1) is 11.1. The van der Waals surface area contributed by atoms with Gasteiger partial charge in [0, 0.05) is 32.2 Å². The first kappa shape index (κ1) is 15.8. The summed E-state index contributed by atoms with van der Waals surface area (Å²) in [4.78, 5) is 16.8. The van der Waals surface area contributed by atoms with E-state index in [0.29, 0.717) is 11.6 Å². The minimum absolute atomic E-state index is 0.0576. The van der Waals surface area contributed by atoms with Crippen molar-refractivity contribution in [1.29, 1.82) is 0 Å². The highest BCUT2D eigenvalue weighted by molar-refractivity contribution is 5.93. The molecule has 0 bridgehead atoms. The molecule has 23 heavy (non-hydrogen) atoms. The maximum Gasteiger partial charge on any atom is 0.242 e. The summed E-state index contributed by atoms with van der Waals surface area (Å²) in [5, 5.41) is 6.59. The number of rotatable bonds is 5. The molecule has 1 atom stereocenters. The zero-order valence-electron chi connectivity index (χ0n) is 13.5. The number of carbonyl (C=O) groups is 1. The van der Waals surface area contributed by atoms with Gasteiger partial charge in [-0.1, -0.05) is 5.16 Å². The Hall–Kier alpha value is -2.12. The van der Waals surface area contributed by atoms with E-state index in [1.165, 1.54) is 0 Å². The number of anilines is 1. The Morgan fingerprint density at radius 1 is 1.39 bits per heavy atom. The summed E-state index contributed by atoms with van der Waals surface area (Å²) < 4.78 is 10.3. The molecule has 1 aliphatic heterocycles. The van der Waals surface area contributed by atoms with E-state index in [1.54, 1.807) is 19.3 Å². The number of hydrogen-bond acceptors (Lipinski definition) is 6. The largest absolute Gasteiger partial charge is 0.468 e. The number of nitrogens with one attached hydrogen (secondary N) is 1. The fraction of sp³-hybridized carbons (Fsp3) is 0.500. The molecule has 2 aromatic rings. The zero-order valence-corrected chi connectivity index (χ0v) is 13.5. The maximum absolute atomic E-state index is 12.3. The van der Waals surface area contributed by atoms with Gasteiger partial charge in [-0.3, -0.25) is 14.6 Å². The van der Waals surface area contributed by atoms with Gasteiger partial charge in [0.1, 0.15) is 11.5 Å². The van der Waals surface area contributed by atoms with Crippen molar-refractivity contribution < 1.29 is 13.7 Å². The Balaban J connectivity index is 1.47. The van der Waals surface area contributed by atoms with Gasteiger partial charge in [-0.15, -0.1) is 0 Å². The lowest BCUT2D eigenvalue weighted by molar-refractivity contribution is -0.121. The van der Waals surface area contributed by atoms with Gasteiger partial charge < -0.3 is 14.3 Å². The Bertz CT molecular complexity index is 630. The monoisotopic (exact) mass is 318 g/mol. The number of piperazine rings is 1. The molecule has 1 N–H and O–H groups in total. The van der Waals surface area contributed by atoms with E-state index >= 15 is 0 Å². The van der Waals surface area contributed by atoms with Crippen LogP contribution in [0.15, 0.2) is 33.4 Å². The van der Waals surface area contributed by atoms with Gasteiger partial charge in [0.15, 0.2) is 5.82 Å². The van der Waals surface area contributed by atoms with E-state index in [4.69, 9.17) is 8.94 Å². The van der Waals surface area contributed by atoms with Gasteiger partial charge in [0.2, 0.25) is 5.91 Å². The fourth-order valence-corrected chi connectivity index (χ4v) is 2.75. The Morgan fingerprint density at radius 2 is 2.17 bits per heavy atom. The molecular weight excluding hydrogens is 296 g/mol. The zero-order chi connectivity index (χ0) is 16.2. The minimum Gasteiger partial charge on any atom is -0.468 e. The van der Waals surface area contributed by atoms with Crippen LogP contribution in [0, 0.1) is 6.92 Å². The smallest absolute Gasteiger partial charge is 0.242 e. The Labute approximate surface area is 135 Å². The van der Waals surface area contributed by atoms with Crippen molar-refractivity contribution in [2.75, 3.05) is 31.5 Å². The van der Waals surface area contributed by atoms with E-state index < -0.39 is 0 Å². The molecule has 0 aliphatic carbocycles. The second-order valence-electron chi connectivity index (χ2n) is 5.88. The van der Waals surface area contributed by atoms with Crippen molar-refractivity contribution >= 4 is 11.7 Å². The molecule has 2 aromatic heterocycles. The van der Waals surface area contributed by atoms with E-state index in [9.17, 15) is 4.79 Å². The SMILES string of the molecule is Cc1cc(NC(=O)C(C)N2CCN(Cc3ccco3)CC2)no1. The number of nitrogens with zero attached hydrogens (tertiary/aromatic N) is 3. The third-order valence-electron chi connectivity index (χ3n) is 4.17. The lowest BCUT2D eigenvalue weighted by atomic mass is 10.2. The van der Waals surface area contributed by atoms with Crippen LogP contribution in [0.1, 0.15) is 18.4 Å². The van der Waals surface area contributed by atoms with Crippen LogP contribution in [0.4, 0.5) is 5.82 Å². The number of amides is 1. The molecule has 7 nitrogen and oxygen atoms in total. The van der Waals surface area contributed by atoms with E-state index in [1.807, 2.05) is 19.1 Å². The van der Waals surface area contributed by atoms with Crippen LogP contribution in [-0.2, 0) is 11.3 Å². The third kappa shape index (κ3) is 4.00. The average molecular weight is 318 g/mol. The van der Waals surface area contributed by atoms with Gasteiger partial charge in [-0.25, -0.2) is 0 Å². The summed E-state index contributed by atoms with van der Waals surface area (Å²) in [5.74, 6) is 2.07. The molecule has 0 saturated carbocycles. The van der Waals surface area contributed by atoms with Gasteiger partial charge >= 0.3 is 0 Å². The first-order valence-electron chi connectivity index (χ1n) is 7.85. The van der Waals surface area contributed by atoms with Crippen molar-refractivity contribution in [3.63, 3.8) is 0 Å². The third-order valence-corrected chi connectivity index (χ3v) is 4.17. The number of carbonyl (C=O) groups excluding carboxylic acids is 1. The van der Waals surface area contributed by atoms with Crippen molar-refractivity contribution in [3.05, 3.63) is 36.0 Å². The maximum atomic E-state index is 12.3. The van der Waals surface area contributed by atoms with Crippen LogP contribution in [-0.4, -0.2) is 53.1 Å². The average Bonchev–Trinajstić information content (AvgIpc) is 3.19. The predicted octanol–water partition coefficient (Wildman–Crippen LogP) is 1.72. The number of aryl methyl sites for hydroxylation is 1. The first-order valence-corrected chi connectivity index (χ1v) is 7.85. The Morgan fingerprint density at radius 3 is 2.78 bits per heavy atom. The molecule has 124 valence electrons. The molecule has 1 amide bonds. The van der Waals surface area contributed by atoms with Crippen LogP contribution in [0.25, 0.3) is 0 Å². The predicted molar refractivity (Wildman–Crippen MR) is 84.9 cm³/mol. The Kier molecular flexibility index (Phi) is 4.78. The molecule has 7 heteroatoms. The van der Waals surface area contributed by atoms with Crippen molar-refractivity contribution in [3.8, 4) is 0 Å². The summed E-state index contributed by atoms with van der Waals surface area (Å²) >= 11 is 0. The normalized spacial score (nSPS) is 18.0. The number of furan rings is 1. The highest BCUT2D eigenvalue weighted by atomic mass is 16.5. The molecular formula is C16H22N4O3. The van der Waals surface area contributed by atoms with Crippen LogP contribution in [0.2, 0.25) is 0 Å². The minimum atomic E-state index is -0.197. The summed E-state index contributed by atoms with van der Waals surface area (Å²) in [6.45, 7) is 8.08. The van der Waals surface area contributed by atoms with Crippen LogP contribution in [0.5, 0.6) is 0 Å². The lowest BCUT2D eigenvalue weighted by Crippen LogP contribution is -2.52. The molecule has 1 fully saturated rings. The molecule has 0 aromatic carbocycles. The molecule has 1 unspecified atom stereocenters. The van der Waals surface area contributed by atoms with Gasteiger partial charge in [0.05, 0.1) is 18.8 Å². The van der Waals surface area contributed by atoms with Crippen molar-refractivity contribution in [2.24, 2.45) is 0 Å². The van der Waals surface area contributed by atoms with E-state index in [2.05, 4.69) is 20.3 Å². The van der Waals surface area contributed by atoms with Crippen molar-refractivity contribution in [2.45, 2.75) is 26.4 Å². The quantitative estimate of drug-likeness (QED) is 0.905. The molecule has 1 saturated heterocycles. The summed E-state index contributed by atoms with van der Waals surface area (Å²) in [6.07, 6.45) is 1.70. The van der Waals surface area contributed by atoms with Crippen LogP contribution in [0.3, 0.4) is 0 Å². The second kappa shape index (κ2) is 6.97. The second-order valence-corrected chi connectivity index (χ2v) is 5.88. The number of hydrogen-bond donors (Lipinski definition) is 1. The van der Waals surface area contributed by atoms with E-state index in [0.717, 1.165) is 38.5 Å². The van der Waals surface area contributed by atoms with E-state index in [-0.39, 0.29) is 11.9 Å². The summed E-state index contributed by atoms with van der Waals surface area (Å²) in [6, 6.07) is 5.41. The summed E-state index contributed by atoms with van der Waals surface area (Å²) in [5.41, 5.74) is 0. The van der Waals surface area contributed by atoms with Gasteiger partial charge in [-0.2, -0.15) is 0 Å². The van der Waals surface area contributed by atoms with Crippen LogP contribution < -0.4 is 5.32 Å². The van der Waals surface area contributed by atoms with Crippen LogP contribution >= 0.6 is 0 Å². The van der Waals surface area contributed by atoms with Gasteiger partial charge in [0.25, 0.3) is 0 Å². The lowest BCUT2D eigenvalue weighted by Gasteiger charge is -2.36. The molecule has 0 radical (unpaired) electrons. The molecule has 1 aliphatic rings. The highest BCUT2D eigenvalue weighted by Crippen LogP contribution is 2.13. The van der Waals surface area contributed by atoms with Gasteiger partial charge in [-0.05, 0) is 26.0 Å². The molecule has 0 spiro atoms. The topological polar surface area (TPSA) is 74.8 Å². The molecule has 3 rings (SSSR count). The summed E-state index contributed by atoms with van der Waals surface area (Å²) in [7, 11) is 0. The fourth-order valence-electron chi connectivity index (χ4n) is 2.75. The molecule has 3 heterocycles. The standard InChI is InChI=1S/C16H22N4O3/c1-12-10-15(18-23-12)17-16(21)13(2)20-7-5-19(6-8-20)11-14-4-3-9-22-14/h3-4,9-10,13H,5-8,11H2,1-2H3,(H,17,18,21). The highest BCUT2D eigenvalue weighted by Gasteiger charge is 2.26.